The van der Waals surface area contributed by atoms with Crippen LogP contribution in [0.15, 0.2) is 54.9 Å². The molecule has 1 N–H and O–H groups in total. The van der Waals surface area contributed by atoms with Gasteiger partial charge in [-0.1, -0.05) is 30.3 Å². The Balaban J connectivity index is 1.53. The number of para-hydroxylation sites is 1. The van der Waals surface area contributed by atoms with Gasteiger partial charge in [-0.25, -0.2) is 4.79 Å². The lowest BCUT2D eigenvalue weighted by molar-refractivity contribution is 0.0979. The van der Waals surface area contributed by atoms with E-state index in [1.807, 2.05) is 23.4 Å². The largest absolute Gasteiger partial charge is 0.453 e. The molecule has 144 valence electrons. The van der Waals surface area contributed by atoms with Crippen LogP contribution in [0.25, 0.3) is 32.8 Å². The molecule has 5 nitrogen and oxygen atoms in total. The molecule has 2 aliphatic rings. The summed E-state index contributed by atoms with van der Waals surface area (Å²) < 4.78 is 5.08. The number of hydrogen-bond donors (Lipinski definition) is 1. The summed E-state index contributed by atoms with van der Waals surface area (Å²) in [6.45, 7) is 0. The summed E-state index contributed by atoms with van der Waals surface area (Å²) in [6.07, 6.45) is 6.40. The van der Waals surface area contributed by atoms with Crippen LogP contribution in [0, 0.1) is 0 Å². The van der Waals surface area contributed by atoms with E-state index in [0.717, 1.165) is 30.2 Å². The molecule has 0 saturated carbocycles. The number of rotatable bonds is 1. The lowest BCUT2D eigenvalue weighted by Gasteiger charge is -2.33. The molecule has 2 aromatic heterocycles. The number of hydrogen-bond acceptors (Lipinski definition) is 3. The predicted molar refractivity (Wildman–Crippen MR) is 113 cm³/mol. The summed E-state index contributed by atoms with van der Waals surface area (Å²) >= 11 is 0. The Bertz CT molecular complexity index is 1280. The lowest BCUT2D eigenvalue weighted by Crippen LogP contribution is -2.41. The highest BCUT2D eigenvalue weighted by Crippen LogP contribution is 2.48. The molecule has 2 aliphatic heterocycles. The van der Waals surface area contributed by atoms with Crippen LogP contribution in [-0.4, -0.2) is 34.1 Å². The molecule has 0 radical (unpaired) electrons. The Morgan fingerprint density at radius 3 is 3.00 bits per heavy atom. The third-order valence-electron chi connectivity index (χ3n) is 6.57. The van der Waals surface area contributed by atoms with Crippen molar-refractivity contribution >= 4 is 27.8 Å². The molecule has 2 unspecified atom stereocenters. The number of pyridine rings is 1. The molecule has 1 fully saturated rings. The smallest absolute Gasteiger partial charge is 0.410 e. The summed E-state index contributed by atoms with van der Waals surface area (Å²) in [5, 5.41) is 3.53. The normalized spacial score (nSPS) is 20.2. The second-order valence-corrected chi connectivity index (χ2v) is 8.01. The van der Waals surface area contributed by atoms with Crippen LogP contribution in [0.3, 0.4) is 0 Å². The van der Waals surface area contributed by atoms with Gasteiger partial charge in [-0.3, -0.25) is 9.88 Å². The number of H-pyrrole nitrogens is 1. The fraction of sp³-hybridized carbons (Fsp3) is 0.250. The van der Waals surface area contributed by atoms with Gasteiger partial charge in [-0.15, -0.1) is 0 Å². The Morgan fingerprint density at radius 1 is 1.17 bits per heavy atom. The van der Waals surface area contributed by atoms with E-state index in [-0.39, 0.29) is 18.2 Å². The average molecular weight is 383 g/mol. The maximum atomic E-state index is 12.4. The van der Waals surface area contributed by atoms with E-state index in [0.29, 0.717) is 0 Å². The van der Waals surface area contributed by atoms with Crippen LogP contribution >= 0.6 is 0 Å². The minimum atomic E-state index is -0.212. The number of aromatic nitrogens is 2. The summed E-state index contributed by atoms with van der Waals surface area (Å²) in [5.74, 6) is 0. The molecular formula is C24H21N3O2. The lowest BCUT2D eigenvalue weighted by atomic mass is 9.95. The minimum absolute atomic E-state index is 0.0982. The first-order valence-corrected chi connectivity index (χ1v) is 10.1. The fourth-order valence-electron chi connectivity index (χ4n) is 5.31. The second-order valence-electron chi connectivity index (χ2n) is 8.01. The van der Waals surface area contributed by atoms with Gasteiger partial charge in [0.2, 0.25) is 0 Å². The van der Waals surface area contributed by atoms with Crippen LogP contribution in [0.4, 0.5) is 4.79 Å². The van der Waals surface area contributed by atoms with Gasteiger partial charge in [0.15, 0.2) is 0 Å². The van der Waals surface area contributed by atoms with Crippen LogP contribution in [0.1, 0.15) is 30.1 Å². The standard InChI is InChI=1S/C24H21N3O2/c1-29-24(28)27-17-7-8-21(27)22-19-4-2-3-18(23(19)26-20(22)12-17)15-6-5-14-9-10-25-13-16(14)11-15/h2-6,9-11,13,17,21,26H,7-8,12H2,1H3. The molecule has 1 saturated heterocycles. The van der Waals surface area contributed by atoms with Gasteiger partial charge in [0.1, 0.15) is 0 Å². The van der Waals surface area contributed by atoms with E-state index in [1.165, 1.54) is 40.3 Å². The molecule has 4 aromatic rings. The number of carbonyl (C=O) groups is 1. The Morgan fingerprint density at radius 2 is 2.10 bits per heavy atom. The summed E-state index contributed by atoms with van der Waals surface area (Å²) in [7, 11) is 1.47. The van der Waals surface area contributed by atoms with Gasteiger partial charge < -0.3 is 9.72 Å². The first-order valence-electron chi connectivity index (χ1n) is 10.1. The number of carbonyl (C=O) groups excluding carboxylic acids is 1. The molecule has 2 bridgehead atoms. The van der Waals surface area contributed by atoms with Gasteiger partial charge in [-0.05, 0) is 35.9 Å². The number of aromatic amines is 1. The Labute approximate surface area is 168 Å². The number of methoxy groups -OCH3 is 1. The minimum Gasteiger partial charge on any atom is -0.453 e. The average Bonchev–Trinajstić information content (AvgIpc) is 3.29. The van der Waals surface area contributed by atoms with Gasteiger partial charge in [0.25, 0.3) is 0 Å². The van der Waals surface area contributed by atoms with Crippen molar-refractivity contribution in [3.63, 3.8) is 0 Å². The van der Waals surface area contributed by atoms with Gasteiger partial charge in [0.05, 0.1) is 18.7 Å². The molecule has 2 aromatic carbocycles. The molecule has 1 amide bonds. The van der Waals surface area contributed by atoms with E-state index in [2.05, 4.69) is 46.4 Å². The van der Waals surface area contributed by atoms with E-state index >= 15 is 0 Å². The first kappa shape index (κ1) is 16.6. The van der Waals surface area contributed by atoms with Crippen LogP contribution < -0.4 is 0 Å². The Kier molecular flexibility index (Phi) is 3.48. The van der Waals surface area contributed by atoms with Crippen LogP contribution in [-0.2, 0) is 11.2 Å². The SMILES string of the molecule is COC(=O)N1C2CCC1c1c([nH]c3c(-c4ccc5ccncc5c4)cccc13)C2. The summed E-state index contributed by atoms with van der Waals surface area (Å²) in [5.41, 5.74) is 6.04. The Hall–Kier alpha value is -3.34. The molecule has 4 heterocycles. The summed E-state index contributed by atoms with van der Waals surface area (Å²) in [6, 6.07) is 15.3. The highest BCUT2D eigenvalue weighted by molar-refractivity contribution is 5.99. The van der Waals surface area contributed by atoms with Crippen molar-refractivity contribution in [2.75, 3.05) is 7.11 Å². The molecule has 0 spiro atoms. The summed E-state index contributed by atoms with van der Waals surface area (Å²) in [4.78, 5) is 22.3. The van der Waals surface area contributed by atoms with Crippen LogP contribution in [0.2, 0.25) is 0 Å². The third-order valence-corrected chi connectivity index (χ3v) is 6.57. The third kappa shape index (κ3) is 2.33. The van der Waals surface area contributed by atoms with Crippen molar-refractivity contribution in [1.29, 1.82) is 0 Å². The van der Waals surface area contributed by atoms with Crippen molar-refractivity contribution in [1.82, 2.24) is 14.9 Å². The number of ether oxygens (including phenoxy) is 1. The molecule has 5 heteroatoms. The van der Waals surface area contributed by atoms with E-state index in [4.69, 9.17) is 4.74 Å². The van der Waals surface area contributed by atoms with Gasteiger partial charge in [0, 0.05) is 52.4 Å². The topological polar surface area (TPSA) is 58.2 Å². The van der Waals surface area contributed by atoms with Crippen molar-refractivity contribution in [2.24, 2.45) is 0 Å². The molecule has 2 atom stereocenters. The maximum Gasteiger partial charge on any atom is 0.410 e. The van der Waals surface area contributed by atoms with Gasteiger partial charge in [-0.2, -0.15) is 0 Å². The molecular weight excluding hydrogens is 362 g/mol. The maximum absolute atomic E-state index is 12.4. The predicted octanol–water partition coefficient (Wildman–Crippen LogP) is 5.21. The molecule has 6 rings (SSSR count). The van der Waals surface area contributed by atoms with Crippen molar-refractivity contribution in [2.45, 2.75) is 31.3 Å². The van der Waals surface area contributed by atoms with E-state index in [9.17, 15) is 4.79 Å². The first-order chi connectivity index (χ1) is 14.2. The highest BCUT2D eigenvalue weighted by Gasteiger charge is 2.44. The quantitative estimate of drug-likeness (QED) is 0.491. The number of nitrogens with one attached hydrogen (secondary N) is 1. The highest BCUT2D eigenvalue weighted by atomic mass is 16.5. The van der Waals surface area contributed by atoms with Crippen molar-refractivity contribution < 1.29 is 9.53 Å². The zero-order valence-electron chi connectivity index (χ0n) is 16.2. The number of nitrogens with zero attached hydrogens (tertiary/aromatic N) is 2. The van der Waals surface area contributed by atoms with Crippen LogP contribution in [0.5, 0.6) is 0 Å². The number of benzene rings is 2. The fourth-order valence-corrected chi connectivity index (χ4v) is 5.31. The molecule has 0 aliphatic carbocycles. The number of amides is 1. The monoisotopic (exact) mass is 383 g/mol. The second kappa shape index (κ2) is 6.08. The van der Waals surface area contributed by atoms with Crippen molar-refractivity contribution in [3.05, 3.63) is 66.1 Å². The molecule has 29 heavy (non-hydrogen) atoms. The van der Waals surface area contributed by atoms with Gasteiger partial charge >= 0.3 is 6.09 Å². The van der Waals surface area contributed by atoms with E-state index < -0.39 is 0 Å². The van der Waals surface area contributed by atoms with Crippen molar-refractivity contribution in [3.8, 4) is 11.1 Å². The van der Waals surface area contributed by atoms with E-state index in [1.54, 1.807) is 0 Å². The zero-order valence-corrected chi connectivity index (χ0v) is 16.2. The number of fused-ring (bicyclic) bond motifs is 7. The zero-order chi connectivity index (χ0) is 19.5.